The first-order valence-corrected chi connectivity index (χ1v) is 3.90. The summed E-state index contributed by atoms with van der Waals surface area (Å²) in [7, 11) is 0. The molecule has 0 unspecified atom stereocenters. The van der Waals surface area contributed by atoms with E-state index in [4.69, 9.17) is 0 Å². The second-order valence-electron chi connectivity index (χ2n) is 2.93. The van der Waals surface area contributed by atoms with Crippen molar-refractivity contribution in [2.75, 3.05) is 0 Å². The Labute approximate surface area is 80.5 Å². The van der Waals surface area contributed by atoms with Crippen molar-refractivity contribution in [1.29, 1.82) is 0 Å². The zero-order chi connectivity index (χ0) is 11.2. The van der Waals surface area contributed by atoms with Gasteiger partial charge in [-0.1, -0.05) is 6.07 Å². The standard InChI is InChI=1S/C9H3F4NO/c10-6-4-2-1-3-5(9(11,12)13)7(4)14-8(6)15/h1-3H. The van der Waals surface area contributed by atoms with Crippen molar-refractivity contribution in [1.82, 2.24) is 0 Å². The molecule has 0 saturated heterocycles. The molecule has 2 nitrogen and oxygen atoms in total. The van der Waals surface area contributed by atoms with Crippen molar-refractivity contribution in [3.63, 3.8) is 0 Å². The number of nitrogens with zero attached hydrogens (tertiary/aromatic N) is 1. The number of rotatable bonds is 0. The van der Waals surface area contributed by atoms with Crippen molar-refractivity contribution in [3.05, 3.63) is 34.3 Å². The van der Waals surface area contributed by atoms with E-state index in [2.05, 4.69) is 4.99 Å². The molecular weight excluding hydrogens is 214 g/mol. The normalized spacial score (nSPS) is 15.2. The van der Waals surface area contributed by atoms with E-state index in [1.165, 1.54) is 0 Å². The second kappa shape index (κ2) is 2.88. The van der Waals surface area contributed by atoms with Crippen LogP contribution in [0.2, 0.25) is 0 Å². The van der Waals surface area contributed by atoms with E-state index in [1.807, 2.05) is 0 Å². The molecule has 0 spiro atoms. The van der Waals surface area contributed by atoms with Gasteiger partial charge in [0.05, 0.1) is 10.9 Å². The van der Waals surface area contributed by atoms with Crippen LogP contribution in [0.4, 0.5) is 17.6 Å². The lowest BCUT2D eigenvalue weighted by molar-refractivity contribution is -0.138. The van der Waals surface area contributed by atoms with Crippen molar-refractivity contribution >= 4 is 11.7 Å². The second-order valence-corrected chi connectivity index (χ2v) is 2.93. The SMILES string of the molecule is O=C1N=c2c(C(F)(F)F)cccc2=C1F. The van der Waals surface area contributed by atoms with Crippen molar-refractivity contribution in [2.45, 2.75) is 6.18 Å². The number of amides is 1. The Morgan fingerprint density at radius 3 is 2.47 bits per heavy atom. The first-order valence-electron chi connectivity index (χ1n) is 3.90. The minimum Gasteiger partial charge on any atom is -0.264 e. The molecule has 1 aliphatic heterocycles. The molecule has 0 radical (unpaired) electrons. The van der Waals surface area contributed by atoms with Crippen LogP contribution in [-0.2, 0) is 11.0 Å². The van der Waals surface area contributed by atoms with Crippen LogP contribution in [0, 0.1) is 0 Å². The van der Waals surface area contributed by atoms with Gasteiger partial charge in [-0.05, 0) is 12.1 Å². The van der Waals surface area contributed by atoms with Gasteiger partial charge in [0.2, 0.25) is 0 Å². The van der Waals surface area contributed by atoms with Crippen LogP contribution in [0.5, 0.6) is 0 Å². The third-order valence-electron chi connectivity index (χ3n) is 1.98. The summed E-state index contributed by atoms with van der Waals surface area (Å²) in [5, 5.41) is -1.03. The lowest BCUT2D eigenvalue weighted by Crippen LogP contribution is -2.30. The minimum atomic E-state index is -4.64. The number of benzene rings is 1. The molecule has 15 heavy (non-hydrogen) atoms. The number of alkyl halides is 3. The molecule has 0 bridgehead atoms. The number of carbonyl (C=O) groups excluding carboxylic acids is 1. The molecule has 1 aliphatic rings. The average molecular weight is 217 g/mol. The Bertz CT molecular complexity index is 558. The van der Waals surface area contributed by atoms with Gasteiger partial charge < -0.3 is 0 Å². The average Bonchev–Trinajstić information content (AvgIpc) is 2.41. The van der Waals surface area contributed by atoms with Crippen LogP contribution in [0.25, 0.3) is 5.83 Å². The summed E-state index contributed by atoms with van der Waals surface area (Å²) in [6.07, 6.45) is -4.64. The molecule has 78 valence electrons. The molecule has 0 atom stereocenters. The Morgan fingerprint density at radius 1 is 1.20 bits per heavy atom. The molecule has 6 heteroatoms. The zero-order valence-corrected chi connectivity index (χ0v) is 7.10. The summed E-state index contributed by atoms with van der Waals surface area (Å²) in [6.45, 7) is 0. The predicted octanol–water partition coefficient (Wildman–Crippen LogP) is 0.943. The van der Waals surface area contributed by atoms with Crippen molar-refractivity contribution in [2.24, 2.45) is 4.99 Å². The molecule has 2 rings (SSSR count). The van der Waals surface area contributed by atoms with Gasteiger partial charge in [-0.15, -0.1) is 0 Å². The van der Waals surface area contributed by atoms with E-state index in [1.54, 1.807) is 0 Å². The maximum atomic E-state index is 13.0. The lowest BCUT2D eigenvalue weighted by atomic mass is 10.1. The van der Waals surface area contributed by atoms with Gasteiger partial charge >= 0.3 is 12.1 Å². The van der Waals surface area contributed by atoms with Gasteiger partial charge in [0.15, 0.2) is 5.83 Å². The fourth-order valence-electron chi connectivity index (χ4n) is 1.34. The van der Waals surface area contributed by atoms with Gasteiger partial charge in [-0.2, -0.15) is 13.2 Å². The molecule has 0 N–H and O–H groups in total. The summed E-state index contributed by atoms with van der Waals surface area (Å²) in [5.74, 6) is -2.50. The fraction of sp³-hybridized carbons (Fsp3) is 0.111. The first kappa shape index (κ1) is 9.82. The van der Waals surface area contributed by atoms with E-state index in [-0.39, 0.29) is 0 Å². The van der Waals surface area contributed by atoms with E-state index in [9.17, 15) is 22.4 Å². The minimum absolute atomic E-state index is 0.394. The van der Waals surface area contributed by atoms with Crippen LogP contribution in [0.1, 0.15) is 5.56 Å². The molecular formula is C9H3F4NO. The Balaban J connectivity index is 2.89. The quantitative estimate of drug-likeness (QED) is 0.595. The molecule has 1 aromatic rings. The lowest BCUT2D eigenvalue weighted by Gasteiger charge is -2.04. The highest BCUT2D eigenvalue weighted by Crippen LogP contribution is 2.26. The molecule has 1 heterocycles. The predicted molar refractivity (Wildman–Crippen MR) is 41.7 cm³/mol. The third-order valence-corrected chi connectivity index (χ3v) is 1.98. The summed E-state index contributed by atoms with van der Waals surface area (Å²) < 4.78 is 50.2. The number of hydrogen-bond acceptors (Lipinski definition) is 1. The van der Waals surface area contributed by atoms with Crippen LogP contribution in [-0.4, -0.2) is 5.91 Å². The molecule has 0 aromatic heterocycles. The van der Waals surface area contributed by atoms with Gasteiger partial charge in [0.25, 0.3) is 0 Å². The molecule has 1 amide bonds. The van der Waals surface area contributed by atoms with Crippen LogP contribution in [0.15, 0.2) is 23.2 Å². The molecule has 0 saturated carbocycles. The first-order chi connectivity index (χ1) is 6.91. The van der Waals surface area contributed by atoms with Crippen LogP contribution >= 0.6 is 0 Å². The summed E-state index contributed by atoms with van der Waals surface area (Å²) in [6, 6.07) is 2.89. The maximum Gasteiger partial charge on any atom is 0.418 e. The van der Waals surface area contributed by atoms with E-state index in [0.29, 0.717) is 0 Å². The highest BCUT2D eigenvalue weighted by Gasteiger charge is 2.34. The Hall–Kier alpha value is -1.72. The van der Waals surface area contributed by atoms with E-state index in [0.717, 1.165) is 18.2 Å². The highest BCUT2D eigenvalue weighted by molar-refractivity contribution is 6.12. The summed E-state index contributed by atoms with van der Waals surface area (Å²) in [5.41, 5.74) is -1.10. The number of halogens is 4. The zero-order valence-electron chi connectivity index (χ0n) is 7.10. The maximum absolute atomic E-state index is 13.0. The summed E-state index contributed by atoms with van der Waals surface area (Å²) >= 11 is 0. The van der Waals surface area contributed by atoms with Gasteiger partial charge in [-0.25, -0.2) is 9.38 Å². The van der Waals surface area contributed by atoms with E-state index >= 15 is 0 Å². The van der Waals surface area contributed by atoms with Gasteiger partial charge in [0, 0.05) is 5.22 Å². The number of hydrogen-bond donors (Lipinski definition) is 0. The summed E-state index contributed by atoms with van der Waals surface area (Å²) in [4.78, 5) is 13.8. The van der Waals surface area contributed by atoms with Crippen LogP contribution < -0.4 is 10.6 Å². The van der Waals surface area contributed by atoms with Crippen molar-refractivity contribution < 1.29 is 22.4 Å². The van der Waals surface area contributed by atoms with Gasteiger partial charge in [0.1, 0.15) is 0 Å². The highest BCUT2D eigenvalue weighted by atomic mass is 19.4. The van der Waals surface area contributed by atoms with Crippen LogP contribution in [0.3, 0.4) is 0 Å². The monoisotopic (exact) mass is 217 g/mol. The molecule has 0 aliphatic carbocycles. The number of fused-ring (bicyclic) bond motifs is 1. The Morgan fingerprint density at radius 2 is 1.87 bits per heavy atom. The van der Waals surface area contributed by atoms with Gasteiger partial charge in [-0.3, -0.25) is 4.79 Å². The topological polar surface area (TPSA) is 29.4 Å². The molecule has 1 aromatic carbocycles. The smallest absolute Gasteiger partial charge is 0.264 e. The number of carbonyl (C=O) groups is 1. The largest absolute Gasteiger partial charge is 0.418 e. The van der Waals surface area contributed by atoms with E-state index < -0.39 is 34.0 Å². The fourth-order valence-corrected chi connectivity index (χ4v) is 1.34. The molecule has 0 fully saturated rings. The Kier molecular flexibility index (Phi) is 1.89. The third kappa shape index (κ3) is 1.42. The number of para-hydroxylation sites is 1. The van der Waals surface area contributed by atoms with Crippen molar-refractivity contribution in [3.8, 4) is 0 Å².